The van der Waals surface area contributed by atoms with Crippen molar-refractivity contribution in [2.45, 2.75) is 39.7 Å². The van der Waals surface area contributed by atoms with Crippen molar-refractivity contribution in [2.75, 3.05) is 40.1 Å². The van der Waals surface area contributed by atoms with Gasteiger partial charge in [0.1, 0.15) is 0 Å². The largest absolute Gasteiger partial charge is 0.500 e. The second-order valence-corrected chi connectivity index (χ2v) is 8.70. The molecule has 0 aromatic carbocycles. The molecule has 0 bridgehead atoms. The van der Waals surface area contributed by atoms with Gasteiger partial charge in [0.15, 0.2) is 0 Å². The van der Waals surface area contributed by atoms with Gasteiger partial charge in [0.25, 0.3) is 0 Å². The molecule has 2 atom stereocenters. The quantitative estimate of drug-likeness (QED) is 0.156. The van der Waals surface area contributed by atoms with Crippen LogP contribution in [0, 0.1) is 11.3 Å². The second-order valence-electron chi connectivity index (χ2n) is 5.97. The molecule has 25 heavy (non-hydrogen) atoms. The highest BCUT2D eigenvalue weighted by molar-refractivity contribution is 6.60. The van der Waals surface area contributed by atoms with Crippen LogP contribution in [0.5, 0.6) is 0 Å². The third-order valence-electron chi connectivity index (χ3n) is 4.34. The molecule has 1 fully saturated rings. The second kappa shape index (κ2) is 11.0. The maximum Gasteiger partial charge on any atom is 0.500 e. The Bertz CT molecular complexity index is 405. The average molecular weight is 376 g/mol. The zero-order chi connectivity index (χ0) is 18.8. The Balaban J connectivity index is 2.48. The van der Waals surface area contributed by atoms with Crippen molar-refractivity contribution in [3.8, 4) is 0 Å². The molecule has 0 aromatic rings. The van der Waals surface area contributed by atoms with Gasteiger partial charge in [0.05, 0.1) is 19.1 Å². The fraction of sp³-hybridized carbons (Fsp3) is 0.824. The van der Waals surface area contributed by atoms with Gasteiger partial charge in [-0.3, -0.25) is 4.79 Å². The van der Waals surface area contributed by atoms with Crippen molar-refractivity contribution in [1.82, 2.24) is 5.32 Å². The highest BCUT2D eigenvalue weighted by Crippen LogP contribution is 2.53. The summed E-state index contributed by atoms with van der Waals surface area (Å²) in [7, 11) is -1.21. The Morgan fingerprint density at radius 1 is 1.24 bits per heavy atom. The minimum absolute atomic E-state index is 0.0223. The molecule has 0 heterocycles. The van der Waals surface area contributed by atoms with Crippen LogP contribution in [0.1, 0.15) is 33.6 Å². The molecule has 2 unspecified atom stereocenters. The van der Waals surface area contributed by atoms with Gasteiger partial charge in [-0.2, -0.15) is 0 Å². The lowest BCUT2D eigenvalue weighted by Crippen LogP contribution is -2.46. The van der Waals surface area contributed by atoms with Gasteiger partial charge in [-0.05, 0) is 39.5 Å². The van der Waals surface area contributed by atoms with Crippen LogP contribution in [0.3, 0.4) is 0 Å². The predicted octanol–water partition coefficient (Wildman–Crippen LogP) is 2.31. The van der Waals surface area contributed by atoms with E-state index in [0.29, 0.717) is 32.4 Å². The molecule has 146 valence electrons. The van der Waals surface area contributed by atoms with Crippen LogP contribution in [0.25, 0.3) is 0 Å². The summed E-state index contributed by atoms with van der Waals surface area (Å²) in [6, 6.07) is 0.676. The van der Waals surface area contributed by atoms with E-state index in [1.807, 2.05) is 20.8 Å². The van der Waals surface area contributed by atoms with Crippen molar-refractivity contribution in [3.63, 3.8) is 0 Å². The van der Waals surface area contributed by atoms with E-state index in [1.165, 1.54) is 7.11 Å². The normalized spacial score (nSPS) is 22.6. The van der Waals surface area contributed by atoms with E-state index in [2.05, 4.69) is 16.8 Å². The maximum absolute atomic E-state index is 12.5. The predicted molar refractivity (Wildman–Crippen MR) is 96.8 cm³/mol. The number of rotatable bonds is 15. The summed E-state index contributed by atoms with van der Waals surface area (Å²) < 4.78 is 17.4. The van der Waals surface area contributed by atoms with Gasteiger partial charge >= 0.3 is 8.80 Å². The number of amides is 1. The topological polar surface area (TPSA) is 75.3 Å². The van der Waals surface area contributed by atoms with Crippen LogP contribution in [0.15, 0.2) is 12.7 Å². The van der Waals surface area contributed by atoms with Crippen LogP contribution in [0.4, 0.5) is 0 Å². The molecule has 1 rings (SSSR count). The van der Waals surface area contributed by atoms with E-state index in [9.17, 15) is 4.79 Å². The van der Waals surface area contributed by atoms with Crippen LogP contribution in [-0.4, -0.2) is 54.8 Å². The van der Waals surface area contributed by atoms with Crippen LogP contribution >= 0.6 is 0 Å². The van der Waals surface area contributed by atoms with Gasteiger partial charge in [0.2, 0.25) is 5.91 Å². The Morgan fingerprint density at radius 2 is 1.84 bits per heavy atom. The monoisotopic (exact) mass is 375 g/mol. The standard InChI is InChI=1S/C17H33NO6Si/c1-6-15-13-17(15,14-21-20-5)16(19)18-11-10-12-25(22-7-2,23-8-3)24-9-4/h6,15H,1,7-14H2,2-5H3,(H,18,19). The molecule has 7 nitrogen and oxygen atoms in total. The molecule has 1 N–H and O–H groups in total. The zero-order valence-electron chi connectivity index (χ0n) is 16.0. The molecular weight excluding hydrogens is 342 g/mol. The molecule has 1 amide bonds. The lowest BCUT2D eigenvalue weighted by Gasteiger charge is -2.28. The number of carbonyl (C=O) groups excluding carboxylic acids is 1. The molecule has 8 heteroatoms. The fourth-order valence-corrected chi connectivity index (χ4v) is 5.60. The SMILES string of the molecule is C=CC1CC1(COOC)C(=O)NCCC[Si](OCC)(OCC)OCC. The fourth-order valence-electron chi connectivity index (χ4n) is 2.98. The third-order valence-corrected chi connectivity index (χ3v) is 7.49. The molecule has 1 saturated carbocycles. The van der Waals surface area contributed by atoms with Crippen molar-refractivity contribution >= 4 is 14.7 Å². The summed E-state index contributed by atoms with van der Waals surface area (Å²) in [4.78, 5) is 22.2. The molecule has 0 saturated heterocycles. The Morgan fingerprint density at radius 3 is 2.28 bits per heavy atom. The van der Waals surface area contributed by atoms with Gasteiger partial charge in [-0.1, -0.05) is 6.08 Å². The summed E-state index contributed by atoms with van der Waals surface area (Å²) >= 11 is 0. The molecule has 0 aliphatic heterocycles. The number of hydrogen-bond donors (Lipinski definition) is 1. The van der Waals surface area contributed by atoms with E-state index in [1.54, 1.807) is 6.08 Å². The highest BCUT2D eigenvalue weighted by Gasteiger charge is 2.59. The summed E-state index contributed by atoms with van der Waals surface area (Å²) in [5, 5.41) is 2.99. The van der Waals surface area contributed by atoms with E-state index >= 15 is 0 Å². The van der Waals surface area contributed by atoms with Crippen LogP contribution in [0.2, 0.25) is 6.04 Å². The van der Waals surface area contributed by atoms with E-state index in [-0.39, 0.29) is 18.4 Å². The molecule has 1 aliphatic rings. The first kappa shape index (κ1) is 22.3. The number of hydrogen-bond acceptors (Lipinski definition) is 6. The highest BCUT2D eigenvalue weighted by atomic mass is 28.4. The zero-order valence-corrected chi connectivity index (χ0v) is 17.0. The average Bonchev–Trinajstić information content (AvgIpc) is 3.32. The van der Waals surface area contributed by atoms with Gasteiger partial charge in [-0.15, -0.1) is 6.58 Å². The Kier molecular flexibility index (Phi) is 9.84. The Hall–Kier alpha value is -0.773. The lowest BCUT2D eigenvalue weighted by atomic mass is 10.0. The molecule has 1 aliphatic carbocycles. The smallest absolute Gasteiger partial charge is 0.374 e. The van der Waals surface area contributed by atoms with Crippen molar-refractivity contribution in [2.24, 2.45) is 11.3 Å². The van der Waals surface area contributed by atoms with E-state index < -0.39 is 14.2 Å². The molecule has 0 spiro atoms. The number of nitrogens with one attached hydrogen (secondary N) is 1. The first-order valence-corrected chi connectivity index (χ1v) is 11.0. The summed E-state index contributed by atoms with van der Waals surface area (Å²) in [6.45, 7) is 12.0. The van der Waals surface area contributed by atoms with Gasteiger partial charge in [0, 0.05) is 32.4 Å². The molecule has 0 radical (unpaired) electrons. The Labute approximate surface area is 152 Å². The van der Waals surface area contributed by atoms with Crippen LogP contribution < -0.4 is 5.32 Å². The minimum atomic E-state index is -2.65. The first-order chi connectivity index (χ1) is 12.0. The summed E-state index contributed by atoms with van der Waals surface area (Å²) in [5.74, 6) is 0.109. The third kappa shape index (κ3) is 6.16. The van der Waals surface area contributed by atoms with E-state index in [4.69, 9.17) is 18.2 Å². The van der Waals surface area contributed by atoms with Gasteiger partial charge in [-0.25, -0.2) is 9.78 Å². The number of carbonyl (C=O) groups is 1. The maximum atomic E-state index is 12.5. The summed E-state index contributed by atoms with van der Waals surface area (Å²) in [6.07, 6.45) is 3.27. The molecule has 0 aromatic heterocycles. The van der Waals surface area contributed by atoms with Crippen LogP contribution in [-0.2, 0) is 27.8 Å². The summed E-state index contributed by atoms with van der Waals surface area (Å²) in [5.41, 5.74) is -0.550. The lowest BCUT2D eigenvalue weighted by molar-refractivity contribution is -0.281. The van der Waals surface area contributed by atoms with E-state index in [0.717, 1.165) is 12.8 Å². The molecular formula is C17H33NO6Si. The van der Waals surface area contributed by atoms with Crippen molar-refractivity contribution < 1.29 is 27.8 Å². The van der Waals surface area contributed by atoms with Crippen molar-refractivity contribution in [3.05, 3.63) is 12.7 Å². The minimum Gasteiger partial charge on any atom is -0.374 e. The van der Waals surface area contributed by atoms with Gasteiger partial charge < -0.3 is 18.6 Å². The van der Waals surface area contributed by atoms with Crippen molar-refractivity contribution in [1.29, 1.82) is 0 Å². The number of allylic oxidation sites excluding steroid dienone is 1. The first-order valence-electron chi connectivity index (χ1n) is 9.02.